The van der Waals surface area contributed by atoms with Gasteiger partial charge in [-0.15, -0.1) is 0 Å². The molecule has 0 spiro atoms. The molecule has 31 heavy (non-hydrogen) atoms. The van der Waals surface area contributed by atoms with Gasteiger partial charge >= 0.3 is 5.97 Å². The lowest BCUT2D eigenvalue weighted by molar-refractivity contribution is -0.139. The highest BCUT2D eigenvalue weighted by Gasteiger charge is 2.13. The van der Waals surface area contributed by atoms with E-state index in [1.807, 2.05) is 37.1 Å². The number of carbonyl (C=O) groups is 3. The Hall–Kier alpha value is -2.99. The zero-order chi connectivity index (χ0) is 24.1. The fourth-order valence-corrected chi connectivity index (χ4v) is 2.97. The maximum Gasteiger partial charge on any atom is 0.320 e. The molecular formula is C25H37NO5. The fraction of sp³-hybridized carbons (Fsp3) is 0.400. The van der Waals surface area contributed by atoms with Crippen LogP contribution in [-0.2, 0) is 20.8 Å². The third kappa shape index (κ3) is 16.5. The Morgan fingerprint density at radius 3 is 1.84 bits per heavy atom. The highest BCUT2D eigenvalue weighted by Crippen LogP contribution is 2.22. The molecular weight excluding hydrogens is 394 g/mol. The highest BCUT2D eigenvalue weighted by molar-refractivity contribution is 5.73. The summed E-state index contributed by atoms with van der Waals surface area (Å²) in [4.78, 5) is 27.1. The van der Waals surface area contributed by atoms with E-state index in [1.54, 1.807) is 7.05 Å². The molecule has 172 valence electrons. The largest absolute Gasteiger partial charge is 0.483 e. The highest BCUT2D eigenvalue weighted by atomic mass is 16.4. The lowest BCUT2D eigenvalue weighted by Crippen LogP contribution is -2.34. The maximum absolute atomic E-state index is 10.7. The van der Waals surface area contributed by atoms with Crippen molar-refractivity contribution in [2.75, 3.05) is 7.05 Å². The van der Waals surface area contributed by atoms with Crippen molar-refractivity contribution in [3.63, 3.8) is 0 Å². The predicted molar refractivity (Wildman–Crippen MR) is 125 cm³/mol. The third-order valence-electron chi connectivity index (χ3n) is 4.40. The summed E-state index contributed by atoms with van der Waals surface area (Å²) >= 11 is 0. The first kappa shape index (κ1) is 30.2. The Kier molecular flexibility index (Phi) is 19.8. The number of carboxylic acid groups (broad SMARTS) is 2. The van der Waals surface area contributed by atoms with Crippen LogP contribution in [0.25, 0.3) is 0 Å². The van der Waals surface area contributed by atoms with Gasteiger partial charge < -0.3 is 20.3 Å². The summed E-state index contributed by atoms with van der Waals surface area (Å²) in [7, 11) is 1.67. The van der Waals surface area contributed by atoms with Gasteiger partial charge in [0.25, 0.3) is 6.47 Å². The number of rotatable bonds is 8. The SMILES string of the molecule is C=O.CC(C)CC(C)c1ccccc1.CNC(CCc1ccccc1)C(=O)O.O=CO. The standard InChI is InChI=1S/C12H18.C11H15NO2.CH2O2.CH2O/c1-10(2)9-11(3)12-7-5-4-6-8-12;1-12-10(11(13)14)8-7-9-5-3-2-4-6-9;2-1-3;1-2/h4-8,10-11H,9H2,1-3H3;2-6,10,12H,7-8H2,1H3,(H,13,14);1H,(H,2,3);1H2. The van der Waals surface area contributed by atoms with Crippen molar-refractivity contribution in [3.8, 4) is 0 Å². The molecule has 2 atom stereocenters. The minimum atomic E-state index is -0.788. The van der Waals surface area contributed by atoms with E-state index in [1.165, 1.54) is 17.5 Å². The molecule has 0 fully saturated rings. The number of aryl methyl sites for hydroxylation is 1. The number of hydrogen-bond donors (Lipinski definition) is 3. The van der Waals surface area contributed by atoms with Gasteiger partial charge in [-0.2, -0.15) is 0 Å². The number of carboxylic acids is 1. The molecule has 0 heterocycles. The quantitative estimate of drug-likeness (QED) is 0.526. The Labute approximate surface area is 186 Å². The molecule has 3 N–H and O–H groups in total. The molecule has 6 heteroatoms. The molecule has 0 radical (unpaired) electrons. The summed E-state index contributed by atoms with van der Waals surface area (Å²) < 4.78 is 0. The molecule has 0 amide bonds. The van der Waals surface area contributed by atoms with Crippen LogP contribution in [0.5, 0.6) is 0 Å². The van der Waals surface area contributed by atoms with E-state index in [0.29, 0.717) is 12.3 Å². The Bertz CT molecular complexity index is 677. The number of hydrogen-bond acceptors (Lipinski definition) is 4. The second-order valence-electron chi connectivity index (χ2n) is 7.25. The molecule has 0 bridgehead atoms. The first-order valence-corrected chi connectivity index (χ1v) is 10.2. The second-order valence-corrected chi connectivity index (χ2v) is 7.25. The number of likely N-dealkylation sites (N-methyl/N-ethyl adjacent to an activating group) is 1. The summed E-state index contributed by atoms with van der Waals surface area (Å²) in [6, 6.07) is 20.2. The minimum Gasteiger partial charge on any atom is -0.483 e. The fourth-order valence-electron chi connectivity index (χ4n) is 2.97. The van der Waals surface area contributed by atoms with E-state index in [2.05, 4.69) is 56.4 Å². The van der Waals surface area contributed by atoms with Gasteiger partial charge in [0.05, 0.1) is 0 Å². The van der Waals surface area contributed by atoms with Gasteiger partial charge in [-0.1, -0.05) is 81.4 Å². The summed E-state index contributed by atoms with van der Waals surface area (Å²) in [6.45, 7) is 8.61. The minimum absolute atomic E-state index is 0.250. The Morgan fingerprint density at radius 2 is 1.45 bits per heavy atom. The van der Waals surface area contributed by atoms with E-state index >= 15 is 0 Å². The van der Waals surface area contributed by atoms with Crippen molar-refractivity contribution in [3.05, 3.63) is 71.8 Å². The van der Waals surface area contributed by atoms with Gasteiger partial charge in [0, 0.05) is 0 Å². The average molecular weight is 432 g/mol. The first-order valence-electron chi connectivity index (χ1n) is 10.2. The predicted octanol–water partition coefficient (Wildman–Crippen LogP) is 4.64. The van der Waals surface area contributed by atoms with Crippen LogP contribution in [0.2, 0.25) is 0 Å². The van der Waals surface area contributed by atoms with Gasteiger partial charge in [-0.05, 0) is 49.3 Å². The van der Waals surface area contributed by atoms with Gasteiger partial charge in [-0.25, -0.2) is 0 Å². The van der Waals surface area contributed by atoms with E-state index in [0.717, 1.165) is 12.3 Å². The van der Waals surface area contributed by atoms with Crippen LogP contribution in [0, 0.1) is 5.92 Å². The van der Waals surface area contributed by atoms with Crippen LogP contribution < -0.4 is 5.32 Å². The van der Waals surface area contributed by atoms with Crippen LogP contribution in [0.1, 0.15) is 50.7 Å². The third-order valence-corrected chi connectivity index (χ3v) is 4.40. The van der Waals surface area contributed by atoms with Crippen molar-refractivity contribution >= 4 is 19.2 Å². The molecule has 0 aromatic heterocycles. The molecule has 2 rings (SSSR count). The van der Waals surface area contributed by atoms with Gasteiger partial charge in [0.1, 0.15) is 12.8 Å². The molecule has 0 aliphatic carbocycles. The summed E-state index contributed by atoms with van der Waals surface area (Å²) in [6.07, 6.45) is 2.69. The van der Waals surface area contributed by atoms with Crippen LogP contribution in [0.3, 0.4) is 0 Å². The molecule has 6 nitrogen and oxygen atoms in total. The molecule has 2 aromatic carbocycles. The normalized spacial score (nSPS) is 11.3. The van der Waals surface area contributed by atoms with Crippen molar-refractivity contribution in [2.24, 2.45) is 5.92 Å². The van der Waals surface area contributed by atoms with Gasteiger partial charge in [0.15, 0.2) is 0 Å². The summed E-state index contributed by atoms with van der Waals surface area (Å²) in [5, 5.41) is 18.4. The second kappa shape index (κ2) is 20.3. The van der Waals surface area contributed by atoms with Gasteiger partial charge in [-0.3, -0.25) is 9.59 Å². The first-order chi connectivity index (χ1) is 14.8. The number of carbonyl (C=O) groups excluding carboxylic acids is 1. The lowest BCUT2D eigenvalue weighted by atomic mass is 9.92. The van der Waals surface area contributed by atoms with Crippen molar-refractivity contribution in [1.82, 2.24) is 5.32 Å². The van der Waals surface area contributed by atoms with Crippen molar-refractivity contribution in [2.45, 2.75) is 52.0 Å². The van der Waals surface area contributed by atoms with Crippen LogP contribution in [0.15, 0.2) is 60.7 Å². The molecule has 0 saturated carbocycles. The topological polar surface area (TPSA) is 104 Å². The van der Waals surface area contributed by atoms with Crippen LogP contribution in [-0.4, -0.2) is 42.5 Å². The van der Waals surface area contributed by atoms with E-state index in [-0.39, 0.29) is 6.47 Å². The molecule has 2 aromatic rings. The number of aliphatic carboxylic acids is 1. The average Bonchev–Trinajstić information content (AvgIpc) is 2.77. The summed E-state index contributed by atoms with van der Waals surface area (Å²) in [5.74, 6) is 0.704. The zero-order valence-corrected chi connectivity index (χ0v) is 19.0. The molecule has 2 unspecified atom stereocenters. The smallest absolute Gasteiger partial charge is 0.320 e. The van der Waals surface area contributed by atoms with E-state index < -0.39 is 12.0 Å². The zero-order valence-electron chi connectivity index (χ0n) is 19.0. The van der Waals surface area contributed by atoms with E-state index in [9.17, 15) is 4.79 Å². The summed E-state index contributed by atoms with van der Waals surface area (Å²) in [5.41, 5.74) is 2.64. The van der Waals surface area contributed by atoms with Crippen molar-refractivity contribution in [1.29, 1.82) is 0 Å². The maximum atomic E-state index is 10.7. The Morgan fingerprint density at radius 1 is 1.00 bits per heavy atom. The molecule has 0 aliphatic rings. The van der Waals surface area contributed by atoms with E-state index in [4.69, 9.17) is 19.8 Å². The number of nitrogens with one attached hydrogen (secondary N) is 1. The Balaban J connectivity index is 0. The lowest BCUT2D eigenvalue weighted by Gasteiger charge is -2.13. The van der Waals surface area contributed by atoms with Crippen molar-refractivity contribution < 1.29 is 24.6 Å². The van der Waals surface area contributed by atoms with Crippen LogP contribution in [0.4, 0.5) is 0 Å². The number of benzene rings is 2. The monoisotopic (exact) mass is 431 g/mol. The molecule has 0 saturated heterocycles. The van der Waals surface area contributed by atoms with Crippen LogP contribution >= 0.6 is 0 Å². The van der Waals surface area contributed by atoms with Gasteiger partial charge in [0.2, 0.25) is 0 Å². The molecule has 0 aliphatic heterocycles.